The fraction of sp³-hybridized carbons (Fsp3) is 0.571. The molecule has 0 saturated heterocycles. The van der Waals surface area contributed by atoms with Gasteiger partial charge in [-0.05, 0) is 30.5 Å². The number of hydrogen-bond acceptors (Lipinski definition) is 2. The predicted molar refractivity (Wildman–Crippen MR) is 68.6 cm³/mol. The molecule has 1 aromatic carbocycles. The van der Waals surface area contributed by atoms with Crippen LogP contribution in [0.4, 0.5) is 13.2 Å². The third kappa shape index (κ3) is 4.21. The van der Waals surface area contributed by atoms with E-state index in [9.17, 15) is 13.2 Å². The lowest BCUT2D eigenvalue weighted by atomic mass is 9.97. The van der Waals surface area contributed by atoms with Crippen LogP contribution in [0.25, 0.3) is 0 Å². The highest BCUT2D eigenvalue weighted by molar-refractivity contribution is 5.24. The monoisotopic (exact) mass is 275 g/mol. The van der Waals surface area contributed by atoms with Crippen molar-refractivity contribution in [2.75, 3.05) is 6.54 Å². The number of alkyl halides is 3. The van der Waals surface area contributed by atoms with E-state index in [1.54, 1.807) is 0 Å². The number of rotatable bonds is 6. The molecule has 0 unspecified atom stereocenters. The highest BCUT2D eigenvalue weighted by Gasteiger charge is 2.30. The maximum atomic E-state index is 12.4. The molecule has 0 atom stereocenters. The summed E-state index contributed by atoms with van der Waals surface area (Å²) in [6.45, 7) is 4.66. The Hall–Kier alpha value is -1.07. The Morgan fingerprint density at radius 2 is 1.58 bits per heavy atom. The van der Waals surface area contributed by atoms with Gasteiger partial charge in [-0.1, -0.05) is 26.0 Å². The van der Waals surface area contributed by atoms with Gasteiger partial charge in [0, 0.05) is 6.54 Å². The predicted octanol–water partition coefficient (Wildman–Crippen LogP) is 3.74. The summed E-state index contributed by atoms with van der Waals surface area (Å²) in [5.74, 6) is 0. The summed E-state index contributed by atoms with van der Waals surface area (Å²) in [5, 5.41) is 0. The van der Waals surface area contributed by atoms with Crippen LogP contribution in [0.15, 0.2) is 24.3 Å². The van der Waals surface area contributed by atoms with Gasteiger partial charge in [-0.25, -0.2) is 0 Å². The van der Waals surface area contributed by atoms with Crippen LogP contribution in [0.5, 0.6) is 0 Å². The fourth-order valence-corrected chi connectivity index (χ4v) is 1.83. The molecule has 1 rings (SSSR count). The van der Waals surface area contributed by atoms with Crippen molar-refractivity contribution in [1.29, 1.82) is 0 Å². The fourth-order valence-electron chi connectivity index (χ4n) is 1.83. The minimum Gasteiger partial charge on any atom is -0.369 e. The number of nitrogens with two attached hydrogens (primary N) is 1. The molecule has 0 aliphatic carbocycles. The maximum absolute atomic E-state index is 12.4. The van der Waals surface area contributed by atoms with Crippen LogP contribution in [0.3, 0.4) is 0 Å². The number of ether oxygens (including phenoxy) is 1. The molecule has 2 nitrogen and oxygen atoms in total. The highest BCUT2D eigenvalue weighted by Crippen LogP contribution is 2.29. The van der Waals surface area contributed by atoms with Crippen molar-refractivity contribution >= 4 is 0 Å². The van der Waals surface area contributed by atoms with Crippen LogP contribution in [0.1, 0.15) is 37.8 Å². The zero-order valence-corrected chi connectivity index (χ0v) is 11.3. The summed E-state index contributed by atoms with van der Waals surface area (Å²) in [5.41, 5.74) is 5.38. The molecule has 0 saturated carbocycles. The lowest BCUT2D eigenvalue weighted by molar-refractivity contribution is -0.137. The van der Waals surface area contributed by atoms with Gasteiger partial charge in [0.05, 0.1) is 17.8 Å². The Kier molecular flexibility index (Phi) is 5.38. The molecule has 0 aliphatic rings. The third-order valence-corrected chi connectivity index (χ3v) is 3.49. The van der Waals surface area contributed by atoms with E-state index in [-0.39, 0.29) is 12.2 Å². The van der Waals surface area contributed by atoms with Crippen molar-refractivity contribution in [3.05, 3.63) is 35.4 Å². The smallest absolute Gasteiger partial charge is 0.369 e. The summed E-state index contributed by atoms with van der Waals surface area (Å²) < 4.78 is 43.0. The summed E-state index contributed by atoms with van der Waals surface area (Å²) in [7, 11) is 0. The van der Waals surface area contributed by atoms with E-state index in [2.05, 4.69) is 0 Å². The molecule has 0 aliphatic heterocycles. The SMILES string of the molecule is CCC(CC)(CN)OCc1ccc(C(F)(F)F)cc1. The largest absolute Gasteiger partial charge is 0.416 e. The molecule has 0 fully saturated rings. The molecular formula is C14H20F3NO. The molecule has 0 spiro atoms. The van der Waals surface area contributed by atoms with Crippen molar-refractivity contribution in [2.45, 2.75) is 45.1 Å². The van der Waals surface area contributed by atoms with E-state index in [1.165, 1.54) is 12.1 Å². The van der Waals surface area contributed by atoms with Gasteiger partial charge in [0.15, 0.2) is 0 Å². The Morgan fingerprint density at radius 3 is 1.95 bits per heavy atom. The first kappa shape index (κ1) is 16.0. The zero-order valence-electron chi connectivity index (χ0n) is 11.3. The van der Waals surface area contributed by atoms with Crippen molar-refractivity contribution < 1.29 is 17.9 Å². The number of benzene rings is 1. The van der Waals surface area contributed by atoms with Gasteiger partial charge in [0.2, 0.25) is 0 Å². The lowest BCUT2D eigenvalue weighted by Crippen LogP contribution is -2.39. The van der Waals surface area contributed by atoms with E-state index in [0.29, 0.717) is 12.1 Å². The molecular weight excluding hydrogens is 255 g/mol. The first-order valence-corrected chi connectivity index (χ1v) is 6.37. The first-order valence-electron chi connectivity index (χ1n) is 6.37. The lowest BCUT2D eigenvalue weighted by Gasteiger charge is -2.30. The Bertz CT molecular complexity index is 374. The summed E-state index contributed by atoms with van der Waals surface area (Å²) in [6, 6.07) is 5.02. The number of hydrogen-bond donors (Lipinski definition) is 1. The number of halogens is 3. The van der Waals surface area contributed by atoms with Gasteiger partial charge in [-0.15, -0.1) is 0 Å². The van der Waals surface area contributed by atoms with Crippen molar-refractivity contribution in [2.24, 2.45) is 5.73 Å². The zero-order chi connectivity index (χ0) is 14.5. The molecule has 0 radical (unpaired) electrons. The maximum Gasteiger partial charge on any atom is 0.416 e. The van der Waals surface area contributed by atoms with Crippen LogP contribution < -0.4 is 5.73 Å². The summed E-state index contributed by atoms with van der Waals surface area (Å²) >= 11 is 0. The second-order valence-electron chi connectivity index (χ2n) is 4.58. The van der Waals surface area contributed by atoms with Crippen LogP contribution in [-0.2, 0) is 17.5 Å². The van der Waals surface area contributed by atoms with Crippen molar-refractivity contribution in [3.63, 3.8) is 0 Å². The molecule has 19 heavy (non-hydrogen) atoms. The first-order chi connectivity index (χ1) is 8.87. The van der Waals surface area contributed by atoms with Gasteiger partial charge < -0.3 is 10.5 Å². The molecule has 0 heterocycles. The molecule has 0 aromatic heterocycles. The van der Waals surface area contributed by atoms with Crippen molar-refractivity contribution in [1.82, 2.24) is 0 Å². The van der Waals surface area contributed by atoms with Gasteiger partial charge in [-0.2, -0.15) is 13.2 Å². The van der Waals surface area contributed by atoms with E-state index in [4.69, 9.17) is 10.5 Å². The Balaban J connectivity index is 2.69. The van der Waals surface area contributed by atoms with Gasteiger partial charge in [-0.3, -0.25) is 0 Å². The Morgan fingerprint density at radius 1 is 1.05 bits per heavy atom. The molecule has 1 aromatic rings. The third-order valence-electron chi connectivity index (χ3n) is 3.49. The Labute approximate surface area is 111 Å². The quantitative estimate of drug-likeness (QED) is 0.858. The average molecular weight is 275 g/mol. The average Bonchev–Trinajstić information content (AvgIpc) is 2.40. The van der Waals surface area contributed by atoms with Gasteiger partial charge >= 0.3 is 6.18 Å². The minimum atomic E-state index is -4.30. The second-order valence-corrected chi connectivity index (χ2v) is 4.58. The van der Waals surface area contributed by atoms with E-state index in [1.807, 2.05) is 13.8 Å². The summed E-state index contributed by atoms with van der Waals surface area (Å²) in [4.78, 5) is 0. The van der Waals surface area contributed by atoms with Crippen LogP contribution >= 0.6 is 0 Å². The molecule has 2 N–H and O–H groups in total. The molecule has 5 heteroatoms. The van der Waals surface area contributed by atoms with Gasteiger partial charge in [0.1, 0.15) is 0 Å². The molecule has 0 bridgehead atoms. The van der Waals surface area contributed by atoms with Crippen molar-refractivity contribution in [3.8, 4) is 0 Å². The molecule has 0 amide bonds. The van der Waals surface area contributed by atoms with Crippen LogP contribution in [0.2, 0.25) is 0 Å². The molecule has 108 valence electrons. The second kappa shape index (κ2) is 6.39. The van der Waals surface area contributed by atoms with Gasteiger partial charge in [0.25, 0.3) is 0 Å². The van der Waals surface area contributed by atoms with Crippen LogP contribution in [0, 0.1) is 0 Å². The van der Waals surface area contributed by atoms with E-state index in [0.717, 1.165) is 25.0 Å². The normalized spacial score (nSPS) is 12.7. The van der Waals surface area contributed by atoms with E-state index < -0.39 is 11.7 Å². The topological polar surface area (TPSA) is 35.2 Å². The minimum absolute atomic E-state index is 0.275. The van der Waals surface area contributed by atoms with E-state index >= 15 is 0 Å². The summed E-state index contributed by atoms with van der Waals surface area (Å²) in [6.07, 6.45) is -2.74. The van der Waals surface area contributed by atoms with Crippen LogP contribution in [-0.4, -0.2) is 12.1 Å². The highest BCUT2D eigenvalue weighted by atomic mass is 19.4. The standard InChI is InChI=1S/C14H20F3NO/c1-3-13(4-2,10-18)19-9-11-5-7-12(8-6-11)14(15,16)17/h5-8H,3-4,9-10,18H2,1-2H3.